The van der Waals surface area contributed by atoms with Crippen molar-refractivity contribution >= 4 is 0 Å². The summed E-state index contributed by atoms with van der Waals surface area (Å²) in [5.74, 6) is 0. The van der Waals surface area contributed by atoms with Crippen molar-refractivity contribution in [1.82, 2.24) is 9.80 Å². The molecule has 0 N–H and O–H groups in total. The first-order chi connectivity index (χ1) is 13.6. The first kappa shape index (κ1) is 19.0. The molecule has 0 radical (unpaired) electrons. The first-order valence-corrected chi connectivity index (χ1v) is 10.2. The molecule has 2 unspecified atom stereocenters. The first-order valence-electron chi connectivity index (χ1n) is 10.2. The largest absolute Gasteiger partial charge is 0.472 e. The molecule has 2 atom stereocenters. The molecule has 1 saturated heterocycles. The van der Waals surface area contributed by atoms with Gasteiger partial charge in [-0.2, -0.15) is 0 Å². The maximum absolute atomic E-state index is 5.24. The number of furan rings is 1. The molecule has 0 aliphatic carbocycles. The zero-order chi connectivity index (χ0) is 19.5. The van der Waals surface area contributed by atoms with Gasteiger partial charge in [0.2, 0.25) is 0 Å². The van der Waals surface area contributed by atoms with Gasteiger partial charge in [-0.3, -0.25) is 9.80 Å². The SMILES string of the molecule is Cc1ccc(CN2CC(C)N(Cc3cccc(-c4ccoc4)c3)C(C)C2)cc1. The predicted molar refractivity (Wildman–Crippen MR) is 115 cm³/mol. The predicted octanol–water partition coefficient (Wildman–Crippen LogP) is 5.35. The smallest absolute Gasteiger partial charge is 0.0980 e. The van der Waals surface area contributed by atoms with E-state index in [9.17, 15) is 0 Å². The van der Waals surface area contributed by atoms with E-state index in [0.29, 0.717) is 12.1 Å². The van der Waals surface area contributed by atoms with E-state index in [4.69, 9.17) is 4.42 Å². The Morgan fingerprint density at radius 1 is 0.857 bits per heavy atom. The molecule has 0 spiro atoms. The van der Waals surface area contributed by atoms with Crippen LogP contribution >= 0.6 is 0 Å². The molecular formula is C25H30N2O. The van der Waals surface area contributed by atoms with Crippen molar-refractivity contribution in [3.63, 3.8) is 0 Å². The van der Waals surface area contributed by atoms with Crippen LogP contribution in [0.25, 0.3) is 11.1 Å². The highest BCUT2D eigenvalue weighted by Crippen LogP contribution is 2.24. The van der Waals surface area contributed by atoms with Crippen LogP contribution in [0.5, 0.6) is 0 Å². The van der Waals surface area contributed by atoms with Gasteiger partial charge < -0.3 is 4.42 Å². The van der Waals surface area contributed by atoms with Crippen molar-refractivity contribution in [3.05, 3.63) is 83.8 Å². The van der Waals surface area contributed by atoms with Gasteiger partial charge in [-0.1, -0.05) is 48.0 Å². The highest BCUT2D eigenvalue weighted by Gasteiger charge is 2.29. The average molecular weight is 375 g/mol. The number of rotatable bonds is 5. The fourth-order valence-electron chi connectivity index (χ4n) is 4.35. The van der Waals surface area contributed by atoms with Gasteiger partial charge in [-0.05, 0) is 49.6 Å². The summed E-state index contributed by atoms with van der Waals surface area (Å²) in [4.78, 5) is 5.23. The van der Waals surface area contributed by atoms with Gasteiger partial charge in [0.15, 0.2) is 0 Å². The highest BCUT2D eigenvalue weighted by molar-refractivity contribution is 5.62. The topological polar surface area (TPSA) is 19.6 Å². The van der Waals surface area contributed by atoms with Crippen LogP contribution in [0.2, 0.25) is 0 Å². The van der Waals surface area contributed by atoms with Crippen LogP contribution in [0, 0.1) is 6.92 Å². The molecule has 1 fully saturated rings. The summed E-state index contributed by atoms with van der Waals surface area (Å²) in [5.41, 5.74) is 6.47. The van der Waals surface area contributed by atoms with Crippen LogP contribution in [0.4, 0.5) is 0 Å². The molecule has 28 heavy (non-hydrogen) atoms. The van der Waals surface area contributed by atoms with Crippen LogP contribution in [0.1, 0.15) is 30.5 Å². The van der Waals surface area contributed by atoms with Crippen molar-refractivity contribution in [2.75, 3.05) is 13.1 Å². The second-order valence-electron chi connectivity index (χ2n) is 8.26. The number of hydrogen-bond donors (Lipinski definition) is 0. The molecule has 4 rings (SSSR count). The third kappa shape index (κ3) is 4.37. The quantitative estimate of drug-likeness (QED) is 0.600. The third-order valence-electron chi connectivity index (χ3n) is 5.85. The Morgan fingerprint density at radius 3 is 2.29 bits per heavy atom. The fraction of sp³-hybridized carbons (Fsp3) is 0.360. The van der Waals surface area contributed by atoms with Crippen molar-refractivity contribution < 1.29 is 4.42 Å². The van der Waals surface area contributed by atoms with Crippen molar-refractivity contribution in [2.24, 2.45) is 0 Å². The number of nitrogens with zero attached hydrogens (tertiary/aromatic N) is 2. The Kier molecular flexibility index (Phi) is 5.65. The number of aryl methyl sites for hydroxylation is 1. The molecule has 3 aromatic rings. The molecule has 3 nitrogen and oxygen atoms in total. The fourth-order valence-corrected chi connectivity index (χ4v) is 4.35. The monoisotopic (exact) mass is 374 g/mol. The molecule has 146 valence electrons. The molecule has 2 heterocycles. The lowest BCUT2D eigenvalue weighted by Gasteiger charge is -2.44. The average Bonchev–Trinajstić information content (AvgIpc) is 3.22. The lowest BCUT2D eigenvalue weighted by Crippen LogP contribution is -2.55. The van der Waals surface area contributed by atoms with Gasteiger partial charge in [-0.25, -0.2) is 0 Å². The van der Waals surface area contributed by atoms with Crippen molar-refractivity contribution in [2.45, 2.75) is 45.9 Å². The normalized spacial score (nSPS) is 21.1. The van der Waals surface area contributed by atoms with E-state index in [1.807, 2.05) is 12.3 Å². The second kappa shape index (κ2) is 8.34. The maximum Gasteiger partial charge on any atom is 0.0980 e. The lowest BCUT2D eigenvalue weighted by molar-refractivity contribution is 0.0290. The van der Waals surface area contributed by atoms with Crippen molar-refractivity contribution in [3.8, 4) is 11.1 Å². The van der Waals surface area contributed by atoms with Gasteiger partial charge in [0.1, 0.15) is 0 Å². The summed E-state index contributed by atoms with van der Waals surface area (Å²) in [6, 6.07) is 20.9. The van der Waals surface area contributed by atoms with E-state index in [2.05, 4.69) is 79.1 Å². The molecule has 3 heteroatoms. The number of benzene rings is 2. The second-order valence-corrected chi connectivity index (χ2v) is 8.26. The van der Waals surface area contributed by atoms with Crippen LogP contribution in [-0.2, 0) is 13.1 Å². The van der Waals surface area contributed by atoms with Crippen LogP contribution in [0.3, 0.4) is 0 Å². The highest BCUT2D eigenvalue weighted by atomic mass is 16.3. The van der Waals surface area contributed by atoms with Gasteiger partial charge in [-0.15, -0.1) is 0 Å². The summed E-state index contributed by atoms with van der Waals surface area (Å²) in [6.07, 6.45) is 3.55. The summed E-state index contributed by atoms with van der Waals surface area (Å²) >= 11 is 0. The van der Waals surface area contributed by atoms with Gasteiger partial charge in [0, 0.05) is 43.8 Å². The van der Waals surface area contributed by atoms with Crippen LogP contribution in [-0.4, -0.2) is 35.0 Å². The van der Waals surface area contributed by atoms with Gasteiger partial charge in [0.05, 0.1) is 12.5 Å². The zero-order valence-corrected chi connectivity index (χ0v) is 17.1. The van der Waals surface area contributed by atoms with E-state index in [1.165, 1.54) is 22.3 Å². The Bertz CT molecular complexity index is 873. The molecule has 0 amide bonds. The van der Waals surface area contributed by atoms with Crippen molar-refractivity contribution in [1.29, 1.82) is 0 Å². The van der Waals surface area contributed by atoms with E-state index in [1.54, 1.807) is 6.26 Å². The van der Waals surface area contributed by atoms with Gasteiger partial charge >= 0.3 is 0 Å². The maximum atomic E-state index is 5.24. The Balaban J connectivity index is 1.41. The number of hydrogen-bond acceptors (Lipinski definition) is 3. The summed E-state index contributed by atoms with van der Waals surface area (Å²) in [5, 5.41) is 0. The summed E-state index contributed by atoms with van der Waals surface area (Å²) in [6.45, 7) is 11.1. The van der Waals surface area contributed by atoms with E-state index >= 15 is 0 Å². The Labute approximate surface area is 168 Å². The van der Waals surface area contributed by atoms with E-state index < -0.39 is 0 Å². The Morgan fingerprint density at radius 2 is 1.61 bits per heavy atom. The summed E-state index contributed by atoms with van der Waals surface area (Å²) < 4.78 is 5.24. The summed E-state index contributed by atoms with van der Waals surface area (Å²) in [7, 11) is 0. The standard InChI is InChI=1S/C25H30N2O/c1-19-7-9-22(10-8-19)16-26-14-20(2)27(21(3)15-26)17-23-5-4-6-24(13-23)25-11-12-28-18-25/h4-13,18,20-21H,14-17H2,1-3H3. The molecule has 2 aromatic carbocycles. The van der Waals surface area contributed by atoms with Gasteiger partial charge in [0.25, 0.3) is 0 Å². The minimum atomic E-state index is 0.534. The molecule has 1 aliphatic heterocycles. The van der Waals surface area contributed by atoms with Crippen LogP contribution < -0.4 is 0 Å². The lowest BCUT2D eigenvalue weighted by atomic mass is 10.0. The minimum Gasteiger partial charge on any atom is -0.472 e. The molecule has 1 aliphatic rings. The molecular weight excluding hydrogens is 344 g/mol. The molecule has 0 bridgehead atoms. The zero-order valence-electron chi connectivity index (χ0n) is 17.1. The minimum absolute atomic E-state index is 0.534. The number of piperazine rings is 1. The van der Waals surface area contributed by atoms with Crippen LogP contribution in [0.15, 0.2) is 71.5 Å². The Hall–Kier alpha value is -2.36. The third-order valence-corrected chi connectivity index (χ3v) is 5.85. The molecule has 1 aromatic heterocycles. The van der Waals surface area contributed by atoms with E-state index in [0.717, 1.165) is 31.7 Å². The van der Waals surface area contributed by atoms with E-state index in [-0.39, 0.29) is 0 Å². The molecule has 0 saturated carbocycles.